The Balaban J connectivity index is 1.76. The second-order valence-electron chi connectivity index (χ2n) is 6.53. The van der Waals surface area contributed by atoms with Crippen molar-refractivity contribution in [2.75, 3.05) is 5.32 Å². The number of hydrogen-bond donors (Lipinski definition) is 1. The number of aromatic nitrogens is 1. The average Bonchev–Trinajstić information content (AvgIpc) is 2.70. The normalized spacial score (nSPS) is 11.8. The lowest BCUT2D eigenvalue weighted by atomic mass is 10.1. The summed E-state index contributed by atoms with van der Waals surface area (Å²) in [6, 6.07) is 10.0. The quantitative estimate of drug-likeness (QED) is 0.416. The van der Waals surface area contributed by atoms with Crippen LogP contribution in [-0.2, 0) is 23.6 Å². The van der Waals surface area contributed by atoms with Crippen molar-refractivity contribution in [2.45, 2.75) is 18.8 Å². The van der Waals surface area contributed by atoms with Crippen molar-refractivity contribution < 1.29 is 35.9 Å². The number of carbonyl (C=O) groups excluding carboxylic acids is 1. The van der Waals surface area contributed by atoms with Gasteiger partial charge in [0.15, 0.2) is 0 Å². The zero-order valence-corrected chi connectivity index (χ0v) is 16.6. The van der Waals surface area contributed by atoms with E-state index in [1.54, 1.807) is 0 Å². The van der Waals surface area contributed by atoms with Crippen molar-refractivity contribution >= 4 is 23.2 Å². The molecular weight excluding hydrogens is 462 g/mol. The van der Waals surface area contributed by atoms with E-state index >= 15 is 0 Å². The number of pyridine rings is 1. The van der Waals surface area contributed by atoms with Crippen molar-refractivity contribution in [3.05, 3.63) is 82.5 Å². The Morgan fingerprint density at radius 1 is 0.938 bits per heavy atom. The number of ether oxygens (including phenoxy) is 1. The number of nitrogens with one attached hydrogen (secondary N) is 1. The minimum absolute atomic E-state index is 0.00668. The molecule has 3 aromatic rings. The molecule has 3 rings (SSSR count). The van der Waals surface area contributed by atoms with Crippen LogP contribution in [0.4, 0.5) is 32.0 Å². The number of alkyl halides is 6. The van der Waals surface area contributed by atoms with Crippen LogP contribution in [0.5, 0.6) is 11.6 Å². The highest BCUT2D eigenvalue weighted by Gasteiger charge is 2.35. The Morgan fingerprint density at radius 3 is 2.12 bits per heavy atom. The van der Waals surface area contributed by atoms with Crippen LogP contribution >= 0.6 is 11.6 Å². The van der Waals surface area contributed by atoms with E-state index in [0.29, 0.717) is 11.1 Å². The molecule has 1 amide bonds. The molecule has 0 aliphatic heterocycles. The maximum Gasteiger partial charge on any atom is 0.416 e. The van der Waals surface area contributed by atoms with Crippen LogP contribution in [-0.4, -0.2) is 10.9 Å². The Kier molecular flexibility index (Phi) is 6.63. The average molecular weight is 475 g/mol. The van der Waals surface area contributed by atoms with Crippen molar-refractivity contribution in [3.8, 4) is 11.6 Å². The van der Waals surface area contributed by atoms with Gasteiger partial charge in [-0.2, -0.15) is 26.3 Å². The summed E-state index contributed by atoms with van der Waals surface area (Å²) < 4.78 is 83.6. The van der Waals surface area contributed by atoms with E-state index < -0.39 is 41.4 Å². The third-order valence-corrected chi connectivity index (χ3v) is 4.40. The molecule has 0 radical (unpaired) electrons. The van der Waals surface area contributed by atoms with Gasteiger partial charge in [0.1, 0.15) is 5.75 Å². The molecule has 11 heteroatoms. The maximum absolute atomic E-state index is 13.5. The van der Waals surface area contributed by atoms with Gasteiger partial charge < -0.3 is 10.1 Å². The van der Waals surface area contributed by atoms with Crippen molar-refractivity contribution in [1.82, 2.24) is 4.98 Å². The van der Waals surface area contributed by atoms with E-state index in [-0.39, 0.29) is 17.3 Å². The summed E-state index contributed by atoms with van der Waals surface area (Å²) in [6.07, 6.45) is -9.19. The minimum atomic E-state index is -4.80. The largest absolute Gasteiger partial charge is 0.439 e. The summed E-state index contributed by atoms with van der Waals surface area (Å²) in [5, 5.41) is 2.67. The summed E-state index contributed by atoms with van der Waals surface area (Å²) >= 11 is 5.75. The Hall–Kier alpha value is -3.27. The fourth-order valence-electron chi connectivity index (χ4n) is 2.67. The number of amides is 1. The van der Waals surface area contributed by atoms with E-state index in [0.717, 1.165) is 30.5 Å². The van der Waals surface area contributed by atoms with E-state index in [4.69, 9.17) is 16.3 Å². The molecule has 0 fully saturated rings. The molecular formula is C21H13ClF6N2O2. The van der Waals surface area contributed by atoms with Gasteiger partial charge in [0.25, 0.3) is 0 Å². The topological polar surface area (TPSA) is 51.2 Å². The lowest BCUT2D eigenvalue weighted by Gasteiger charge is -2.14. The number of carbonyl (C=O) groups is 1. The molecule has 0 spiro atoms. The zero-order chi connectivity index (χ0) is 23.5. The van der Waals surface area contributed by atoms with Gasteiger partial charge >= 0.3 is 12.4 Å². The lowest BCUT2D eigenvalue weighted by molar-refractivity contribution is -0.139. The van der Waals surface area contributed by atoms with E-state index in [1.165, 1.54) is 24.3 Å². The van der Waals surface area contributed by atoms with Crippen LogP contribution in [0.2, 0.25) is 5.02 Å². The Bertz CT molecular complexity index is 1100. The molecule has 0 aliphatic rings. The molecule has 2 aromatic carbocycles. The molecule has 0 saturated carbocycles. The predicted molar refractivity (Wildman–Crippen MR) is 105 cm³/mol. The number of rotatable bonds is 5. The van der Waals surface area contributed by atoms with Gasteiger partial charge in [0.05, 0.1) is 17.5 Å². The van der Waals surface area contributed by atoms with E-state index in [2.05, 4.69) is 10.3 Å². The van der Waals surface area contributed by atoms with Crippen LogP contribution < -0.4 is 10.1 Å². The molecule has 1 heterocycles. The van der Waals surface area contributed by atoms with E-state index in [1.807, 2.05) is 0 Å². The van der Waals surface area contributed by atoms with Crippen molar-refractivity contribution in [3.63, 3.8) is 0 Å². The first-order chi connectivity index (χ1) is 14.9. The van der Waals surface area contributed by atoms with Crippen LogP contribution in [0, 0.1) is 0 Å². The van der Waals surface area contributed by atoms with Crippen molar-refractivity contribution in [1.29, 1.82) is 0 Å². The summed E-state index contributed by atoms with van der Waals surface area (Å²) in [4.78, 5) is 16.0. The van der Waals surface area contributed by atoms with Gasteiger partial charge in [-0.1, -0.05) is 11.6 Å². The number of nitrogens with zero attached hydrogens (tertiary/aromatic N) is 1. The molecule has 0 aliphatic carbocycles. The highest BCUT2D eigenvalue weighted by atomic mass is 35.5. The first-order valence-corrected chi connectivity index (χ1v) is 9.26. The number of halogens is 7. The second-order valence-corrected chi connectivity index (χ2v) is 6.97. The molecule has 0 bridgehead atoms. The Labute approximate surface area is 182 Å². The van der Waals surface area contributed by atoms with Crippen LogP contribution in [0.25, 0.3) is 0 Å². The summed E-state index contributed by atoms with van der Waals surface area (Å²) in [5.74, 6) is -0.988. The van der Waals surface area contributed by atoms with Gasteiger partial charge in [0.2, 0.25) is 11.8 Å². The fraction of sp³-hybridized carbons (Fsp3) is 0.143. The molecule has 168 valence electrons. The van der Waals surface area contributed by atoms with E-state index in [9.17, 15) is 31.1 Å². The SMILES string of the molecule is O=C(Cc1cnc(Oc2ccc(Cl)cc2)cc1C(F)(F)F)Nc1ccc(C(F)(F)F)cc1. The summed E-state index contributed by atoms with van der Waals surface area (Å²) in [5.41, 5.74) is -2.47. The van der Waals surface area contributed by atoms with Gasteiger partial charge in [-0.25, -0.2) is 4.98 Å². The Morgan fingerprint density at radius 2 is 1.56 bits per heavy atom. The molecule has 0 unspecified atom stereocenters. The van der Waals surface area contributed by atoms with Crippen molar-refractivity contribution in [2.24, 2.45) is 0 Å². The molecule has 4 nitrogen and oxygen atoms in total. The fourth-order valence-corrected chi connectivity index (χ4v) is 2.80. The molecule has 1 aromatic heterocycles. The standard InChI is InChI=1S/C21H13ClF6N2O2/c22-14-3-7-16(8-4-14)32-19-10-17(21(26,27)28)12(11-29-19)9-18(31)30-15-5-1-13(2-6-15)20(23,24)25/h1-8,10-11H,9H2,(H,30,31). The van der Waals surface area contributed by atoms with Crippen LogP contribution in [0.15, 0.2) is 60.8 Å². The third-order valence-electron chi connectivity index (χ3n) is 4.15. The van der Waals surface area contributed by atoms with Crippen LogP contribution in [0.1, 0.15) is 16.7 Å². The smallest absolute Gasteiger partial charge is 0.416 e. The number of anilines is 1. The van der Waals surface area contributed by atoms with Gasteiger partial charge in [-0.05, 0) is 54.1 Å². The molecule has 0 atom stereocenters. The second kappa shape index (κ2) is 9.07. The minimum Gasteiger partial charge on any atom is -0.439 e. The van der Waals surface area contributed by atoms with Gasteiger partial charge in [0, 0.05) is 23.0 Å². The van der Waals surface area contributed by atoms with Gasteiger partial charge in [-0.15, -0.1) is 0 Å². The molecule has 0 saturated heterocycles. The van der Waals surface area contributed by atoms with Gasteiger partial charge in [-0.3, -0.25) is 4.79 Å². The highest BCUT2D eigenvalue weighted by Crippen LogP contribution is 2.35. The predicted octanol–water partition coefficient (Wildman–Crippen LogP) is 6.75. The number of benzene rings is 2. The molecule has 32 heavy (non-hydrogen) atoms. The zero-order valence-electron chi connectivity index (χ0n) is 15.9. The molecule has 1 N–H and O–H groups in total. The first kappa shape index (κ1) is 23.4. The first-order valence-electron chi connectivity index (χ1n) is 8.88. The highest BCUT2D eigenvalue weighted by molar-refractivity contribution is 6.30. The maximum atomic E-state index is 13.5. The van der Waals surface area contributed by atoms with Crippen LogP contribution in [0.3, 0.4) is 0 Å². The third kappa shape index (κ3) is 6.13. The number of hydrogen-bond acceptors (Lipinski definition) is 3. The summed E-state index contributed by atoms with van der Waals surface area (Å²) in [7, 11) is 0. The summed E-state index contributed by atoms with van der Waals surface area (Å²) in [6.45, 7) is 0. The monoisotopic (exact) mass is 474 g/mol. The lowest BCUT2D eigenvalue weighted by Crippen LogP contribution is -2.18.